The zero-order chi connectivity index (χ0) is 14.8. The van der Waals surface area contributed by atoms with Crippen molar-refractivity contribution in [2.24, 2.45) is 5.73 Å². The summed E-state index contributed by atoms with van der Waals surface area (Å²) in [5, 5.41) is 0.382. The summed E-state index contributed by atoms with van der Waals surface area (Å²) in [7, 11) is 0. The Bertz CT molecular complexity index is 642. The Balaban J connectivity index is 1.91. The number of hydrogen-bond donors (Lipinski definition) is 1. The van der Waals surface area contributed by atoms with Crippen molar-refractivity contribution in [1.29, 1.82) is 0 Å². The van der Waals surface area contributed by atoms with Crippen molar-refractivity contribution in [3.8, 4) is 11.5 Å². The van der Waals surface area contributed by atoms with Crippen molar-refractivity contribution in [3.63, 3.8) is 0 Å². The molecule has 0 saturated carbocycles. The van der Waals surface area contributed by atoms with E-state index in [1.807, 2.05) is 18.2 Å². The summed E-state index contributed by atoms with van der Waals surface area (Å²) in [6.07, 6.45) is 0.297. The van der Waals surface area contributed by atoms with Gasteiger partial charge in [0.1, 0.15) is 19.0 Å². The van der Waals surface area contributed by atoms with Gasteiger partial charge in [-0.05, 0) is 24.6 Å². The fourth-order valence-electron chi connectivity index (χ4n) is 2.45. The second-order valence-corrected chi connectivity index (χ2v) is 5.29. The van der Waals surface area contributed by atoms with Crippen molar-refractivity contribution in [1.82, 2.24) is 0 Å². The number of nitrogens with two attached hydrogens (primary N) is 1. The van der Waals surface area contributed by atoms with Crippen LogP contribution in [0.25, 0.3) is 0 Å². The van der Waals surface area contributed by atoms with E-state index in [0.29, 0.717) is 41.7 Å². The number of para-hydroxylation sites is 1. The van der Waals surface area contributed by atoms with Gasteiger partial charge in [-0.2, -0.15) is 0 Å². The van der Waals surface area contributed by atoms with E-state index in [0.717, 1.165) is 5.56 Å². The molecule has 5 heteroatoms. The predicted molar refractivity (Wildman–Crippen MR) is 79.5 cm³/mol. The number of ether oxygens (including phenoxy) is 2. The minimum Gasteiger partial charge on any atom is -0.486 e. The van der Waals surface area contributed by atoms with Gasteiger partial charge < -0.3 is 15.2 Å². The Labute approximate surface area is 127 Å². The summed E-state index contributed by atoms with van der Waals surface area (Å²) >= 11 is 6.05. The molecule has 3 nitrogen and oxygen atoms in total. The molecule has 1 atom stereocenters. The molecule has 1 aliphatic rings. The van der Waals surface area contributed by atoms with Gasteiger partial charge in [-0.25, -0.2) is 4.39 Å². The summed E-state index contributed by atoms with van der Waals surface area (Å²) in [4.78, 5) is 0. The van der Waals surface area contributed by atoms with E-state index >= 15 is 0 Å². The van der Waals surface area contributed by atoms with Gasteiger partial charge in [0.15, 0.2) is 11.5 Å². The lowest BCUT2D eigenvalue weighted by Gasteiger charge is -2.23. The minimum atomic E-state index is -0.420. The highest BCUT2D eigenvalue weighted by Gasteiger charge is 2.21. The Kier molecular flexibility index (Phi) is 3.99. The summed E-state index contributed by atoms with van der Waals surface area (Å²) in [5.41, 5.74) is 7.44. The average Bonchev–Trinajstić information content (AvgIpc) is 2.50. The van der Waals surface area contributed by atoms with Crippen LogP contribution in [0, 0.1) is 5.82 Å². The van der Waals surface area contributed by atoms with Gasteiger partial charge in [0.05, 0.1) is 0 Å². The molecule has 2 aromatic carbocycles. The largest absolute Gasteiger partial charge is 0.486 e. The van der Waals surface area contributed by atoms with Crippen LogP contribution in [0.15, 0.2) is 36.4 Å². The zero-order valence-electron chi connectivity index (χ0n) is 11.3. The van der Waals surface area contributed by atoms with Crippen LogP contribution in [0.4, 0.5) is 4.39 Å². The number of fused-ring (bicyclic) bond motifs is 1. The lowest BCUT2D eigenvalue weighted by atomic mass is 9.98. The molecule has 1 heterocycles. The quantitative estimate of drug-likeness (QED) is 0.944. The van der Waals surface area contributed by atoms with Gasteiger partial charge in [0.2, 0.25) is 0 Å². The molecule has 0 bridgehead atoms. The van der Waals surface area contributed by atoms with Gasteiger partial charge in [-0.3, -0.25) is 0 Å². The Hall–Kier alpha value is -1.78. The van der Waals surface area contributed by atoms with Gasteiger partial charge >= 0.3 is 0 Å². The molecule has 21 heavy (non-hydrogen) atoms. The summed E-state index contributed by atoms with van der Waals surface area (Å²) in [6.45, 7) is 1.00. The molecule has 1 unspecified atom stereocenters. The molecule has 0 saturated heterocycles. The minimum absolute atomic E-state index is 0.297. The molecule has 2 N–H and O–H groups in total. The molecule has 1 aliphatic heterocycles. The standard InChI is InChI=1S/C16H15ClFNO2/c17-12-4-2-5-13(18)11(12)9-14(19)10-3-1-6-15-16(10)21-8-7-20-15/h1-6,14H,7-9,19H2. The second-order valence-electron chi connectivity index (χ2n) is 4.88. The normalized spacial score (nSPS) is 14.8. The molecular formula is C16H15ClFNO2. The SMILES string of the molecule is NC(Cc1c(F)cccc1Cl)c1cccc2c1OCCO2. The maximum atomic E-state index is 13.9. The Morgan fingerprint density at radius 3 is 2.71 bits per heavy atom. The van der Waals surface area contributed by atoms with Crippen molar-refractivity contribution in [3.05, 3.63) is 58.4 Å². The van der Waals surface area contributed by atoms with Gasteiger partial charge in [0, 0.05) is 22.2 Å². The van der Waals surface area contributed by atoms with Crippen LogP contribution in [0.2, 0.25) is 5.02 Å². The van der Waals surface area contributed by atoms with Crippen LogP contribution in [0.1, 0.15) is 17.2 Å². The van der Waals surface area contributed by atoms with Crippen LogP contribution < -0.4 is 15.2 Å². The maximum Gasteiger partial charge on any atom is 0.166 e. The second kappa shape index (κ2) is 5.92. The van der Waals surface area contributed by atoms with E-state index in [4.69, 9.17) is 26.8 Å². The highest BCUT2D eigenvalue weighted by molar-refractivity contribution is 6.31. The predicted octanol–water partition coefficient (Wildman–Crippen LogP) is 3.49. The highest BCUT2D eigenvalue weighted by atomic mass is 35.5. The third kappa shape index (κ3) is 2.82. The molecule has 0 spiro atoms. The third-order valence-electron chi connectivity index (χ3n) is 3.48. The topological polar surface area (TPSA) is 44.5 Å². The Morgan fingerprint density at radius 1 is 1.14 bits per heavy atom. The number of halogens is 2. The van der Waals surface area contributed by atoms with Crippen molar-refractivity contribution in [2.45, 2.75) is 12.5 Å². The molecule has 3 rings (SSSR count). The van der Waals surface area contributed by atoms with Crippen molar-refractivity contribution >= 4 is 11.6 Å². The molecule has 0 fully saturated rings. The molecule has 110 valence electrons. The first kappa shape index (κ1) is 14.2. The third-order valence-corrected chi connectivity index (χ3v) is 3.84. The first-order valence-corrected chi connectivity index (χ1v) is 7.11. The fourth-order valence-corrected chi connectivity index (χ4v) is 2.69. The van der Waals surface area contributed by atoms with Crippen LogP contribution in [0.5, 0.6) is 11.5 Å². The summed E-state index contributed by atoms with van der Waals surface area (Å²) < 4.78 is 25.0. The number of rotatable bonds is 3. The summed E-state index contributed by atoms with van der Waals surface area (Å²) in [6, 6.07) is 9.75. The number of hydrogen-bond acceptors (Lipinski definition) is 3. The smallest absolute Gasteiger partial charge is 0.166 e. The first-order chi connectivity index (χ1) is 10.2. The van der Waals surface area contributed by atoms with E-state index in [1.165, 1.54) is 6.07 Å². The van der Waals surface area contributed by atoms with Crippen LogP contribution >= 0.6 is 11.6 Å². The maximum absolute atomic E-state index is 13.9. The van der Waals surface area contributed by atoms with E-state index in [1.54, 1.807) is 12.1 Å². The van der Waals surface area contributed by atoms with E-state index in [9.17, 15) is 4.39 Å². The lowest BCUT2D eigenvalue weighted by Crippen LogP contribution is -2.20. The zero-order valence-corrected chi connectivity index (χ0v) is 12.1. The number of benzene rings is 2. The monoisotopic (exact) mass is 307 g/mol. The van der Waals surface area contributed by atoms with E-state index < -0.39 is 6.04 Å². The van der Waals surface area contributed by atoms with Crippen LogP contribution in [-0.4, -0.2) is 13.2 Å². The van der Waals surface area contributed by atoms with E-state index in [2.05, 4.69) is 0 Å². The first-order valence-electron chi connectivity index (χ1n) is 6.74. The highest BCUT2D eigenvalue weighted by Crippen LogP contribution is 2.37. The van der Waals surface area contributed by atoms with Gasteiger partial charge in [0.25, 0.3) is 0 Å². The van der Waals surface area contributed by atoms with Crippen LogP contribution in [0.3, 0.4) is 0 Å². The van der Waals surface area contributed by atoms with Crippen LogP contribution in [-0.2, 0) is 6.42 Å². The molecule has 0 aromatic heterocycles. The molecular weight excluding hydrogens is 293 g/mol. The Morgan fingerprint density at radius 2 is 1.90 bits per heavy atom. The summed E-state index contributed by atoms with van der Waals surface area (Å²) in [5.74, 6) is 0.970. The fraction of sp³-hybridized carbons (Fsp3) is 0.250. The van der Waals surface area contributed by atoms with E-state index in [-0.39, 0.29) is 5.82 Å². The molecule has 0 amide bonds. The van der Waals surface area contributed by atoms with Gasteiger partial charge in [-0.15, -0.1) is 0 Å². The van der Waals surface area contributed by atoms with Gasteiger partial charge in [-0.1, -0.05) is 29.8 Å². The molecule has 2 aromatic rings. The molecule has 0 aliphatic carbocycles. The lowest BCUT2D eigenvalue weighted by molar-refractivity contribution is 0.169. The van der Waals surface area contributed by atoms with Crippen molar-refractivity contribution in [2.75, 3.05) is 13.2 Å². The molecule has 0 radical (unpaired) electrons. The van der Waals surface area contributed by atoms with Crippen molar-refractivity contribution < 1.29 is 13.9 Å². The average molecular weight is 308 g/mol.